The zero-order valence-corrected chi connectivity index (χ0v) is 20.1. The van der Waals surface area contributed by atoms with Crippen LogP contribution in [0.1, 0.15) is 11.4 Å². The second-order valence-corrected chi connectivity index (χ2v) is 8.43. The van der Waals surface area contributed by atoms with Gasteiger partial charge in [-0.25, -0.2) is 0 Å². The zero-order valence-electron chi connectivity index (χ0n) is 16.7. The summed E-state index contributed by atoms with van der Waals surface area (Å²) in [5.74, 6) is 0.700. The Morgan fingerprint density at radius 2 is 1.38 bits per heavy atom. The maximum atomic E-state index is 11.3. The van der Waals surface area contributed by atoms with E-state index in [0.29, 0.717) is 11.1 Å². The number of hydrogen-bond donors (Lipinski definition) is 1. The number of methoxy groups -OCH3 is 1. The summed E-state index contributed by atoms with van der Waals surface area (Å²) in [6.07, 6.45) is 0. The Bertz CT molecular complexity index is 996. The Hall–Kier alpha value is -1.61. The minimum Gasteiger partial charge on any atom is -0.496 e. The molecule has 0 amide bonds. The average Bonchev–Trinajstić information content (AvgIpc) is 2.62. The van der Waals surface area contributed by atoms with Gasteiger partial charge in [-0.2, -0.15) is 8.42 Å². The number of rotatable bonds is 4. The summed E-state index contributed by atoms with van der Waals surface area (Å²) >= 11 is 0. The normalized spacial score (nSPS) is 10.3. The third-order valence-corrected chi connectivity index (χ3v) is 6.05. The number of aryl methyl sites for hydroxylation is 2. The van der Waals surface area contributed by atoms with Crippen molar-refractivity contribution in [2.24, 2.45) is 0 Å². The quantitative estimate of drug-likeness (QED) is 0.244. The fourth-order valence-electron chi connectivity index (χ4n) is 2.37. The van der Waals surface area contributed by atoms with E-state index in [-0.39, 0.29) is 41.3 Å². The van der Waals surface area contributed by atoms with Gasteiger partial charge in [0.2, 0.25) is 0 Å². The van der Waals surface area contributed by atoms with E-state index in [1.807, 2.05) is 56.3 Å². The van der Waals surface area contributed by atoms with Crippen LogP contribution in [0.3, 0.4) is 0 Å². The average molecular weight is 525 g/mol. The van der Waals surface area contributed by atoms with E-state index in [0.717, 1.165) is 16.7 Å². The summed E-state index contributed by atoms with van der Waals surface area (Å²) in [4.78, 5) is 4.12. The Balaban J connectivity index is 0.000000667. The molecule has 1 N–H and O–H groups in total. The van der Waals surface area contributed by atoms with Gasteiger partial charge < -0.3 is 12.2 Å². The van der Waals surface area contributed by atoms with Gasteiger partial charge in [0, 0.05) is 37.1 Å². The number of pyridine rings is 1. The molecular formula is C21H25NO4PPdS-. The Morgan fingerprint density at radius 1 is 0.862 bits per heavy atom. The van der Waals surface area contributed by atoms with E-state index in [9.17, 15) is 13.0 Å². The summed E-state index contributed by atoms with van der Waals surface area (Å²) in [6.45, 7) is 3.99. The third kappa shape index (κ3) is 8.74. The van der Waals surface area contributed by atoms with Crippen molar-refractivity contribution < 1.29 is 38.1 Å². The Kier molecular flexibility index (Phi) is 12.1. The predicted molar refractivity (Wildman–Crippen MR) is 117 cm³/mol. The van der Waals surface area contributed by atoms with Crippen LogP contribution >= 0.6 is 8.58 Å². The molecular weight excluding hydrogens is 500 g/mol. The SMILES string of the molecule is COc1ccccc1Pc1ccccc1S(=O)(=O)O.Cc1cccc(C)n1.[CH3-].[Pd]. The van der Waals surface area contributed by atoms with Crippen molar-refractivity contribution in [3.05, 3.63) is 85.5 Å². The molecule has 0 radical (unpaired) electrons. The van der Waals surface area contributed by atoms with Crippen molar-refractivity contribution in [1.82, 2.24) is 4.98 Å². The summed E-state index contributed by atoms with van der Waals surface area (Å²) in [6, 6.07) is 19.8. The summed E-state index contributed by atoms with van der Waals surface area (Å²) in [7, 11) is -2.55. The van der Waals surface area contributed by atoms with E-state index in [2.05, 4.69) is 4.98 Å². The Morgan fingerprint density at radius 3 is 1.86 bits per heavy atom. The first kappa shape index (κ1) is 27.4. The van der Waals surface area contributed by atoms with Crippen LogP contribution in [0.2, 0.25) is 0 Å². The molecule has 2 aromatic carbocycles. The number of nitrogens with zero attached hydrogens (tertiary/aromatic N) is 1. The van der Waals surface area contributed by atoms with Crippen LogP contribution in [0.25, 0.3) is 0 Å². The van der Waals surface area contributed by atoms with Crippen LogP contribution in [-0.2, 0) is 30.5 Å². The van der Waals surface area contributed by atoms with Crippen molar-refractivity contribution in [3.63, 3.8) is 0 Å². The molecule has 0 saturated heterocycles. The van der Waals surface area contributed by atoms with Gasteiger partial charge in [-0.15, -0.1) is 0 Å². The van der Waals surface area contributed by atoms with Gasteiger partial charge in [0.05, 0.1) is 7.11 Å². The van der Waals surface area contributed by atoms with Gasteiger partial charge in [0.1, 0.15) is 10.6 Å². The van der Waals surface area contributed by atoms with Crippen molar-refractivity contribution >= 4 is 29.3 Å². The first-order valence-electron chi connectivity index (χ1n) is 8.18. The molecule has 0 aliphatic heterocycles. The molecule has 1 atom stereocenters. The number of hydrogen-bond acceptors (Lipinski definition) is 4. The number of aromatic nitrogens is 1. The topological polar surface area (TPSA) is 76.5 Å². The molecule has 0 bridgehead atoms. The fraction of sp³-hybridized carbons (Fsp3) is 0.143. The molecule has 3 rings (SSSR count). The molecule has 29 heavy (non-hydrogen) atoms. The van der Waals surface area contributed by atoms with E-state index < -0.39 is 10.1 Å². The molecule has 0 fully saturated rings. The van der Waals surface area contributed by atoms with E-state index in [1.165, 1.54) is 6.07 Å². The molecule has 3 aromatic rings. The van der Waals surface area contributed by atoms with Crippen molar-refractivity contribution in [3.8, 4) is 5.75 Å². The van der Waals surface area contributed by atoms with Gasteiger partial charge in [0.15, 0.2) is 0 Å². The van der Waals surface area contributed by atoms with Crippen molar-refractivity contribution in [2.75, 3.05) is 7.11 Å². The molecule has 0 aliphatic rings. The molecule has 0 saturated carbocycles. The van der Waals surface area contributed by atoms with E-state index >= 15 is 0 Å². The van der Waals surface area contributed by atoms with Crippen LogP contribution in [-0.4, -0.2) is 25.1 Å². The fourth-order valence-corrected chi connectivity index (χ4v) is 4.67. The van der Waals surface area contributed by atoms with E-state index in [4.69, 9.17) is 4.74 Å². The van der Waals surface area contributed by atoms with Gasteiger partial charge in [-0.05, 0) is 43.4 Å². The summed E-state index contributed by atoms with van der Waals surface area (Å²) < 4.78 is 37.1. The third-order valence-electron chi connectivity index (χ3n) is 3.57. The van der Waals surface area contributed by atoms with Crippen LogP contribution in [0.4, 0.5) is 0 Å². The molecule has 0 spiro atoms. The minimum absolute atomic E-state index is 0. The van der Waals surface area contributed by atoms with Crippen molar-refractivity contribution in [2.45, 2.75) is 18.7 Å². The van der Waals surface area contributed by atoms with Crippen LogP contribution in [0.5, 0.6) is 5.75 Å². The number of benzene rings is 2. The zero-order chi connectivity index (χ0) is 19.9. The maximum absolute atomic E-state index is 11.3. The van der Waals surface area contributed by atoms with Crippen LogP contribution in [0, 0.1) is 21.3 Å². The molecule has 0 aliphatic carbocycles. The summed E-state index contributed by atoms with van der Waals surface area (Å²) in [5, 5.41) is 1.45. The molecule has 8 heteroatoms. The predicted octanol–water partition coefficient (Wildman–Crippen LogP) is 3.72. The number of ether oxygens (including phenoxy) is 1. The molecule has 1 heterocycles. The maximum Gasteiger partial charge on any atom is 0.295 e. The second-order valence-electron chi connectivity index (χ2n) is 5.72. The first-order valence-corrected chi connectivity index (χ1v) is 10.6. The largest absolute Gasteiger partial charge is 0.496 e. The van der Waals surface area contributed by atoms with Gasteiger partial charge in [-0.1, -0.05) is 51.0 Å². The smallest absolute Gasteiger partial charge is 0.295 e. The van der Waals surface area contributed by atoms with Crippen LogP contribution in [0.15, 0.2) is 71.6 Å². The van der Waals surface area contributed by atoms with Gasteiger partial charge >= 0.3 is 0 Å². The first-order chi connectivity index (χ1) is 12.8. The standard InChI is InChI=1S/C13H13O4PS.C7H9N.CH3.Pd/c1-17-10-6-2-3-7-11(10)18-12-8-4-5-9-13(12)19(14,15)16;1-6-4-3-5-7(2)8-6;;/h2-9,18H,1H3,(H,14,15,16);3-5H,1-2H3;1H3;/q;;-1;. The minimum atomic E-state index is -4.21. The molecule has 160 valence electrons. The van der Waals surface area contributed by atoms with Gasteiger partial charge in [-0.3, -0.25) is 9.54 Å². The van der Waals surface area contributed by atoms with Crippen LogP contribution < -0.4 is 15.3 Å². The summed E-state index contributed by atoms with van der Waals surface area (Å²) in [5.41, 5.74) is 2.18. The second kappa shape index (κ2) is 12.8. The Labute approximate surface area is 189 Å². The van der Waals surface area contributed by atoms with Crippen molar-refractivity contribution in [1.29, 1.82) is 0 Å². The van der Waals surface area contributed by atoms with Gasteiger partial charge in [0.25, 0.3) is 10.1 Å². The molecule has 1 unspecified atom stereocenters. The number of para-hydroxylation sites is 1. The van der Waals surface area contributed by atoms with E-state index in [1.54, 1.807) is 25.3 Å². The molecule has 1 aromatic heterocycles. The molecule has 5 nitrogen and oxygen atoms in total. The monoisotopic (exact) mass is 524 g/mol.